The highest BCUT2D eigenvalue weighted by molar-refractivity contribution is 5.73. The average molecular weight is 273 g/mol. The number of benzene rings is 1. The van der Waals surface area contributed by atoms with E-state index in [1.165, 1.54) is 0 Å². The fourth-order valence-electron chi connectivity index (χ4n) is 2.46. The Balaban J connectivity index is 2.04. The van der Waals surface area contributed by atoms with Crippen molar-refractivity contribution in [2.75, 3.05) is 13.1 Å². The van der Waals surface area contributed by atoms with Gasteiger partial charge in [0.1, 0.15) is 11.6 Å². The van der Waals surface area contributed by atoms with Crippen LogP contribution in [-0.4, -0.2) is 45.8 Å². The Morgan fingerprint density at radius 1 is 1.45 bits per heavy atom. The molecule has 1 aliphatic heterocycles. The highest BCUT2D eigenvalue weighted by atomic mass is 16.4. The van der Waals surface area contributed by atoms with Crippen LogP contribution in [0.3, 0.4) is 0 Å². The van der Waals surface area contributed by atoms with Gasteiger partial charge < -0.3 is 10.2 Å². The van der Waals surface area contributed by atoms with Crippen LogP contribution < -0.4 is 0 Å². The molecular weight excluding hydrogens is 254 g/mol. The number of carbonyl (C=O) groups is 1. The van der Waals surface area contributed by atoms with Gasteiger partial charge in [0.25, 0.3) is 0 Å². The second kappa shape index (κ2) is 6.08. The van der Waals surface area contributed by atoms with E-state index in [-0.39, 0.29) is 6.54 Å². The van der Waals surface area contributed by atoms with Crippen LogP contribution in [0.5, 0.6) is 0 Å². The summed E-state index contributed by atoms with van der Waals surface area (Å²) in [5, 5.41) is 19.5. The van der Waals surface area contributed by atoms with E-state index in [1.807, 2.05) is 30.3 Å². The van der Waals surface area contributed by atoms with Crippen LogP contribution in [0.15, 0.2) is 30.3 Å². The van der Waals surface area contributed by atoms with Crippen LogP contribution in [0, 0.1) is 11.8 Å². The van der Waals surface area contributed by atoms with Crippen LogP contribution in [0.1, 0.15) is 25.3 Å². The first-order valence-corrected chi connectivity index (χ1v) is 6.75. The first-order valence-electron chi connectivity index (χ1n) is 6.75. The molecule has 106 valence electrons. The summed E-state index contributed by atoms with van der Waals surface area (Å²) in [5.41, 5.74) is -0.377. The van der Waals surface area contributed by atoms with Gasteiger partial charge in [0.2, 0.25) is 0 Å². The summed E-state index contributed by atoms with van der Waals surface area (Å²) in [6.07, 6.45) is 1.48. The maximum atomic E-state index is 11.1. The monoisotopic (exact) mass is 273 g/mol. The molecule has 1 aliphatic rings. The number of aliphatic hydroxyl groups is 1. The van der Waals surface area contributed by atoms with Gasteiger partial charge in [-0.1, -0.05) is 30.0 Å². The Kier molecular flexibility index (Phi) is 4.43. The van der Waals surface area contributed by atoms with Gasteiger partial charge in [0, 0.05) is 12.1 Å². The molecule has 0 unspecified atom stereocenters. The van der Waals surface area contributed by atoms with Crippen molar-refractivity contribution in [3.8, 4) is 11.8 Å². The van der Waals surface area contributed by atoms with E-state index in [0.717, 1.165) is 12.0 Å². The number of carboxylic acids is 1. The van der Waals surface area contributed by atoms with Crippen molar-refractivity contribution in [2.24, 2.45) is 0 Å². The molecule has 1 aromatic carbocycles. The Morgan fingerprint density at radius 2 is 2.15 bits per heavy atom. The summed E-state index contributed by atoms with van der Waals surface area (Å²) in [7, 11) is 0. The third-order valence-corrected chi connectivity index (χ3v) is 3.41. The lowest BCUT2D eigenvalue weighted by molar-refractivity contribution is -0.142. The molecule has 4 nitrogen and oxygen atoms in total. The SMILES string of the molecule is C[C@@](O)(C#Cc1ccccc1)CN1CCC[C@@H]1C(=O)O. The number of nitrogens with zero attached hydrogens (tertiary/aromatic N) is 1. The van der Waals surface area contributed by atoms with E-state index in [2.05, 4.69) is 11.8 Å². The molecule has 1 heterocycles. The molecule has 1 aromatic rings. The van der Waals surface area contributed by atoms with Crippen molar-refractivity contribution in [1.82, 2.24) is 4.90 Å². The van der Waals surface area contributed by atoms with E-state index in [1.54, 1.807) is 11.8 Å². The standard InChI is InChI=1S/C16H19NO3/c1-16(20,10-9-13-6-3-2-4-7-13)12-17-11-5-8-14(17)15(18)19/h2-4,6-7,14,20H,5,8,11-12H2,1H3,(H,18,19)/t14-,16-/m1/s1. The van der Waals surface area contributed by atoms with Crippen molar-refractivity contribution in [3.63, 3.8) is 0 Å². The Hall–Kier alpha value is -1.83. The predicted octanol–water partition coefficient (Wildman–Crippen LogP) is 1.34. The molecule has 1 saturated heterocycles. The Morgan fingerprint density at radius 3 is 2.80 bits per heavy atom. The third kappa shape index (κ3) is 3.83. The van der Waals surface area contributed by atoms with Crippen LogP contribution in [-0.2, 0) is 4.79 Å². The van der Waals surface area contributed by atoms with Crippen molar-refractivity contribution in [1.29, 1.82) is 0 Å². The van der Waals surface area contributed by atoms with E-state index in [9.17, 15) is 9.90 Å². The lowest BCUT2D eigenvalue weighted by Crippen LogP contribution is -2.45. The van der Waals surface area contributed by atoms with Gasteiger partial charge in [-0.2, -0.15) is 0 Å². The zero-order chi connectivity index (χ0) is 14.6. The van der Waals surface area contributed by atoms with Gasteiger partial charge >= 0.3 is 5.97 Å². The van der Waals surface area contributed by atoms with Crippen molar-refractivity contribution < 1.29 is 15.0 Å². The Bertz CT molecular complexity index is 528. The fraction of sp³-hybridized carbons (Fsp3) is 0.438. The van der Waals surface area contributed by atoms with Gasteiger partial charge in [-0.3, -0.25) is 9.69 Å². The van der Waals surface area contributed by atoms with Gasteiger partial charge in [-0.05, 0) is 38.4 Å². The third-order valence-electron chi connectivity index (χ3n) is 3.41. The highest BCUT2D eigenvalue weighted by Gasteiger charge is 2.34. The number of carboxylic acid groups (broad SMARTS) is 1. The second-order valence-corrected chi connectivity index (χ2v) is 5.36. The zero-order valence-corrected chi connectivity index (χ0v) is 11.5. The number of aliphatic carboxylic acids is 1. The largest absolute Gasteiger partial charge is 0.480 e. The molecule has 20 heavy (non-hydrogen) atoms. The number of rotatable bonds is 3. The molecular formula is C16H19NO3. The minimum Gasteiger partial charge on any atom is -0.480 e. The van der Waals surface area contributed by atoms with E-state index in [0.29, 0.717) is 13.0 Å². The number of likely N-dealkylation sites (tertiary alicyclic amines) is 1. The molecule has 0 bridgehead atoms. The minimum absolute atomic E-state index is 0.254. The summed E-state index contributed by atoms with van der Waals surface area (Å²) in [6, 6.07) is 8.93. The van der Waals surface area contributed by atoms with Gasteiger partial charge in [-0.25, -0.2) is 0 Å². The molecule has 2 N–H and O–H groups in total. The molecule has 0 aliphatic carbocycles. The minimum atomic E-state index is -1.21. The van der Waals surface area contributed by atoms with Crippen molar-refractivity contribution in [3.05, 3.63) is 35.9 Å². The molecule has 0 radical (unpaired) electrons. The van der Waals surface area contributed by atoms with Crippen molar-refractivity contribution >= 4 is 5.97 Å². The zero-order valence-electron chi connectivity index (χ0n) is 11.5. The maximum Gasteiger partial charge on any atom is 0.320 e. The predicted molar refractivity (Wildman–Crippen MR) is 76.2 cm³/mol. The maximum absolute atomic E-state index is 11.1. The summed E-state index contributed by atoms with van der Waals surface area (Å²) >= 11 is 0. The molecule has 0 saturated carbocycles. The quantitative estimate of drug-likeness (QED) is 0.816. The normalized spacial score (nSPS) is 21.8. The van der Waals surface area contributed by atoms with Gasteiger partial charge in [0.15, 0.2) is 0 Å². The Labute approximate surface area is 119 Å². The summed E-state index contributed by atoms with van der Waals surface area (Å²) in [5.74, 6) is 4.94. The molecule has 4 heteroatoms. The van der Waals surface area contributed by atoms with Crippen LogP contribution in [0.25, 0.3) is 0 Å². The van der Waals surface area contributed by atoms with E-state index >= 15 is 0 Å². The number of hydrogen-bond acceptors (Lipinski definition) is 3. The fourth-order valence-corrected chi connectivity index (χ4v) is 2.46. The molecule has 1 fully saturated rings. The van der Waals surface area contributed by atoms with E-state index < -0.39 is 17.6 Å². The first kappa shape index (κ1) is 14.6. The smallest absolute Gasteiger partial charge is 0.320 e. The van der Waals surface area contributed by atoms with Crippen molar-refractivity contribution in [2.45, 2.75) is 31.4 Å². The van der Waals surface area contributed by atoms with Crippen LogP contribution >= 0.6 is 0 Å². The highest BCUT2D eigenvalue weighted by Crippen LogP contribution is 2.20. The molecule has 0 spiro atoms. The topological polar surface area (TPSA) is 60.8 Å². The molecule has 2 atom stereocenters. The van der Waals surface area contributed by atoms with Crippen LogP contribution in [0.2, 0.25) is 0 Å². The number of hydrogen-bond donors (Lipinski definition) is 2. The lowest BCUT2D eigenvalue weighted by Gasteiger charge is -2.27. The lowest BCUT2D eigenvalue weighted by atomic mass is 10.1. The van der Waals surface area contributed by atoms with Gasteiger partial charge in [0.05, 0.1) is 0 Å². The second-order valence-electron chi connectivity index (χ2n) is 5.36. The average Bonchev–Trinajstić information content (AvgIpc) is 2.85. The summed E-state index contributed by atoms with van der Waals surface area (Å²) < 4.78 is 0. The van der Waals surface area contributed by atoms with E-state index in [4.69, 9.17) is 5.11 Å². The molecule has 2 rings (SSSR count). The number of β-amino-alcohol motifs (C(OH)–C–C–N with tert-alkyl or cyclic N) is 1. The molecule has 0 aromatic heterocycles. The summed E-state index contributed by atoms with van der Waals surface area (Å²) in [4.78, 5) is 12.9. The summed E-state index contributed by atoms with van der Waals surface area (Å²) in [6.45, 7) is 2.57. The van der Waals surface area contributed by atoms with Crippen LogP contribution in [0.4, 0.5) is 0 Å². The molecule has 0 amide bonds. The first-order chi connectivity index (χ1) is 9.48. The van der Waals surface area contributed by atoms with Gasteiger partial charge in [-0.15, -0.1) is 0 Å².